The van der Waals surface area contributed by atoms with Crippen molar-refractivity contribution in [2.24, 2.45) is 0 Å². The average molecular weight is 227 g/mol. The van der Waals surface area contributed by atoms with Crippen molar-refractivity contribution in [3.8, 4) is 5.75 Å². The van der Waals surface area contributed by atoms with Crippen LogP contribution in [0.5, 0.6) is 5.75 Å². The Morgan fingerprint density at radius 1 is 1.53 bits per heavy atom. The fourth-order valence-electron chi connectivity index (χ4n) is 1.60. The zero-order valence-electron chi connectivity index (χ0n) is 8.57. The minimum atomic E-state index is -0.00263. The molecular weight excluding hydrogens is 214 g/mol. The van der Waals surface area contributed by atoms with Gasteiger partial charge < -0.3 is 9.47 Å². The molecule has 1 aliphatic rings. The van der Waals surface area contributed by atoms with Crippen LogP contribution in [0.1, 0.15) is 11.7 Å². The fourth-order valence-corrected chi connectivity index (χ4v) is 1.90. The van der Waals surface area contributed by atoms with Crippen LogP contribution in [0, 0.1) is 0 Å². The highest BCUT2D eigenvalue weighted by molar-refractivity contribution is 6.31. The fraction of sp³-hybridized carbons (Fsp3) is 0.455. The van der Waals surface area contributed by atoms with Crippen molar-refractivity contribution < 1.29 is 9.47 Å². The van der Waals surface area contributed by atoms with E-state index >= 15 is 0 Å². The van der Waals surface area contributed by atoms with Gasteiger partial charge in [0, 0.05) is 18.7 Å². The second-order valence-electron chi connectivity index (χ2n) is 3.38. The van der Waals surface area contributed by atoms with Crippen molar-refractivity contribution in [1.29, 1.82) is 0 Å². The summed E-state index contributed by atoms with van der Waals surface area (Å²) >= 11 is 6.14. The number of methoxy groups -OCH3 is 1. The summed E-state index contributed by atoms with van der Waals surface area (Å²) in [4.78, 5) is 0. The van der Waals surface area contributed by atoms with Crippen molar-refractivity contribution >= 4 is 11.6 Å². The SMILES string of the molecule is COc1ccc(C2C[N]CCO2)c(Cl)c1. The number of hydrogen-bond acceptors (Lipinski definition) is 2. The molecule has 1 heterocycles. The molecule has 1 saturated heterocycles. The van der Waals surface area contributed by atoms with Crippen LogP contribution in [0.4, 0.5) is 0 Å². The summed E-state index contributed by atoms with van der Waals surface area (Å²) in [5.74, 6) is 0.761. The van der Waals surface area contributed by atoms with E-state index in [9.17, 15) is 0 Å². The second kappa shape index (κ2) is 4.84. The van der Waals surface area contributed by atoms with Gasteiger partial charge in [-0.25, -0.2) is 5.32 Å². The van der Waals surface area contributed by atoms with Gasteiger partial charge in [0.05, 0.1) is 24.8 Å². The summed E-state index contributed by atoms with van der Waals surface area (Å²) in [6.45, 7) is 2.14. The Morgan fingerprint density at radius 3 is 3.00 bits per heavy atom. The molecule has 0 amide bonds. The van der Waals surface area contributed by atoms with Crippen molar-refractivity contribution in [3.63, 3.8) is 0 Å². The van der Waals surface area contributed by atoms with Crippen molar-refractivity contribution in [2.75, 3.05) is 26.8 Å². The maximum Gasteiger partial charge on any atom is 0.120 e. The smallest absolute Gasteiger partial charge is 0.120 e. The minimum Gasteiger partial charge on any atom is -0.497 e. The maximum atomic E-state index is 6.14. The molecule has 0 aliphatic carbocycles. The van der Waals surface area contributed by atoms with Crippen LogP contribution in [-0.4, -0.2) is 26.8 Å². The third kappa shape index (κ3) is 2.43. The van der Waals surface area contributed by atoms with Crippen LogP contribution in [0.2, 0.25) is 5.02 Å². The van der Waals surface area contributed by atoms with Gasteiger partial charge in [-0.15, -0.1) is 0 Å². The lowest BCUT2D eigenvalue weighted by Crippen LogP contribution is -2.28. The number of halogens is 1. The van der Waals surface area contributed by atoms with E-state index in [1.807, 2.05) is 12.1 Å². The molecule has 3 nitrogen and oxygen atoms in total. The summed E-state index contributed by atoms with van der Waals surface area (Å²) in [7, 11) is 1.62. The molecule has 15 heavy (non-hydrogen) atoms. The first-order valence-electron chi connectivity index (χ1n) is 4.89. The van der Waals surface area contributed by atoms with Crippen LogP contribution in [0.25, 0.3) is 0 Å². The molecule has 0 aromatic heterocycles. The van der Waals surface area contributed by atoms with E-state index in [4.69, 9.17) is 21.1 Å². The van der Waals surface area contributed by atoms with Crippen LogP contribution in [0.3, 0.4) is 0 Å². The molecule has 2 rings (SSSR count). The molecule has 1 aromatic rings. The van der Waals surface area contributed by atoms with Gasteiger partial charge in [-0.3, -0.25) is 0 Å². The molecule has 81 valence electrons. The lowest BCUT2D eigenvalue weighted by molar-refractivity contribution is 0.0261. The second-order valence-corrected chi connectivity index (χ2v) is 3.78. The molecule has 0 bridgehead atoms. The lowest BCUT2D eigenvalue weighted by atomic mass is 10.1. The van der Waals surface area contributed by atoms with E-state index in [2.05, 4.69) is 5.32 Å². The molecule has 0 spiro atoms. The molecule has 1 fully saturated rings. The van der Waals surface area contributed by atoms with Gasteiger partial charge in [0.2, 0.25) is 0 Å². The Labute approximate surface area is 94.3 Å². The van der Waals surface area contributed by atoms with Gasteiger partial charge in [-0.05, 0) is 12.1 Å². The standard InChI is InChI=1S/C11H13ClNO2/c1-14-8-2-3-9(10(12)6-8)11-7-13-4-5-15-11/h2-3,6,11H,4-5,7H2,1H3. The first-order valence-corrected chi connectivity index (χ1v) is 5.27. The van der Waals surface area contributed by atoms with Gasteiger partial charge in [0.25, 0.3) is 0 Å². The minimum absolute atomic E-state index is 0.00263. The normalized spacial score (nSPS) is 21.3. The number of benzene rings is 1. The van der Waals surface area contributed by atoms with Crippen molar-refractivity contribution in [2.45, 2.75) is 6.10 Å². The molecular formula is C11H13ClNO2. The quantitative estimate of drug-likeness (QED) is 0.773. The van der Waals surface area contributed by atoms with E-state index in [1.165, 1.54) is 0 Å². The van der Waals surface area contributed by atoms with E-state index in [0.717, 1.165) is 17.9 Å². The van der Waals surface area contributed by atoms with Gasteiger partial charge in [-0.2, -0.15) is 0 Å². The zero-order chi connectivity index (χ0) is 10.7. The summed E-state index contributed by atoms with van der Waals surface area (Å²) in [6.07, 6.45) is -0.00263. The predicted molar refractivity (Wildman–Crippen MR) is 58.6 cm³/mol. The maximum absolute atomic E-state index is 6.14. The van der Waals surface area contributed by atoms with Crippen molar-refractivity contribution in [1.82, 2.24) is 5.32 Å². The molecule has 1 aromatic carbocycles. The number of rotatable bonds is 2. The van der Waals surface area contributed by atoms with Crippen LogP contribution in [-0.2, 0) is 4.74 Å². The molecule has 1 atom stereocenters. The molecule has 1 radical (unpaired) electrons. The van der Waals surface area contributed by atoms with E-state index in [0.29, 0.717) is 18.2 Å². The highest BCUT2D eigenvalue weighted by Crippen LogP contribution is 2.29. The molecule has 0 saturated carbocycles. The Kier molecular flexibility index (Phi) is 3.46. The lowest BCUT2D eigenvalue weighted by Gasteiger charge is -2.23. The highest BCUT2D eigenvalue weighted by Gasteiger charge is 2.19. The van der Waals surface area contributed by atoms with Gasteiger partial charge >= 0.3 is 0 Å². The van der Waals surface area contributed by atoms with E-state index in [1.54, 1.807) is 13.2 Å². The first-order chi connectivity index (χ1) is 7.31. The summed E-state index contributed by atoms with van der Waals surface area (Å²) in [5, 5.41) is 4.98. The topological polar surface area (TPSA) is 32.6 Å². The zero-order valence-corrected chi connectivity index (χ0v) is 9.33. The van der Waals surface area contributed by atoms with Gasteiger partial charge in [0.1, 0.15) is 5.75 Å². The summed E-state index contributed by atoms with van der Waals surface area (Å²) in [5.41, 5.74) is 0.987. The third-order valence-corrected chi connectivity index (χ3v) is 2.75. The largest absolute Gasteiger partial charge is 0.497 e. The monoisotopic (exact) mass is 226 g/mol. The molecule has 4 heteroatoms. The Hall–Kier alpha value is -0.770. The predicted octanol–water partition coefficient (Wildman–Crippen LogP) is 2.02. The van der Waals surface area contributed by atoms with Crippen molar-refractivity contribution in [3.05, 3.63) is 28.8 Å². The van der Waals surface area contributed by atoms with E-state index < -0.39 is 0 Å². The number of ether oxygens (including phenoxy) is 2. The molecule has 1 unspecified atom stereocenters. The highest BCUT2D eigenvalue weighted by atomic mass is 35.5. The summed E-state index contributed by atoms with van der Waals surface area (Å²) in [6, 6.07) is 5.63. The Morgan fingerprint density at radius 2 is 2.40 bits per heavy atom. The van der Waals surface area contributed by atoms with Crippen LogP contribution in [0.15, 0.2) is 18.2 Å². The molecule has 0 N–H and O–H groups in total. The van der Waals surface area contributed by atoms with Crippen LogP contribution < -0.4 is 10.1 Å². The van der Waals surface area contributed by atoms with Gasteiger partial charge in [0.15, 0.2) is 0 Å². The first kappa shape index (κ1) is 10.7. The number of hydrogen-bond donors (Lipinski definition) is 0. The number of morpholine rings is 1. The molecule has 1 aliphatic heterocycles. The number of nitrogens with zero attached hydrogens (tertiary/aromatic N) is 1. The van der Waals surface area contributed by atoms with E-state index in [-0.39, 0.29) is 6.10 Å². The average Bonchev–Trinajstić information content (AvgIpc) is 2.30. The Bertz CT molecular complexity index is 337. The third-order valence-electron chi connectivity index (χ3n) is 2.42. The van der Waals surface area contributed by atoms with Gasteiger partial charge in [-0.1, -0.05) is 17.7 Å². The van der Waals surface area contributed by atoms with Crippen LogP contribution >= 0.6 is 11.6 Å². The summed E-state index contributed by atoms with van der Waals surface area (Å²) < 4.78 is 10.7. The Balaban J connectivity index is 2.19.